The Hall–Kier alpha value is -1.65. The van der Waals surface area contributed by atoms with Gasteiger partial charge in [-0.25, -0.2) is 0 Å². The first kappa shape index (κ1) is 13.8. The summed E-state index contributed by atoms with van der Waals surface area (Å²) in [6.45, 7) is 3.57. The lowest BCUT2D eigenvalue weighted by molar-refractivity contribution is -0.117. The molecule has 4 heteroatoms. The van der Waals surface area contributed by atoms with Crippen molar-refractivity contribution in [3.8, 4) is 0 Å². The summed E-state index contributed by atoms with van der Waals surface area (Å²) in [5.41, 5.74) is 6.47. The van der Waals surface area contributed by atoms with Crippen LogP contribution in [0, 0.1) is 0 Å². The fraction of sp³-hybridized carbons (Fsp3) is 0.133. The lowest BCUT2D eigenvalue weighted by Gasteiger charge is -2.11. The molecule has 2 rings (SSSR count). The fourth-order valence-corrected chi connectivity index (χ4v) is 2.19. The Balaban J connectivity index is 2.20. The molecule has 0 saturated carbocycles. The van der Waals surface area contributed by atoms with Crippen LogP contribution in [-0.2, 0) is 4.79 Å². The number of hydrogen-bond acceptors (Lipinski definition) is 2. The standard InChI is InChI=1S/C15H15BrN2O/c1-2-3-14(17)15(19)18-13-7-5-10-8-12(16)6-4-11(10)9-13/h2,4-9,14H,1,3,17H2,(H,18,19). The first-order valence-corrected chi connectivity index (χ1v) is 6.76. The second-order valence-corrected chi connectivity index (χ2v) is 5.24. The number of nitrogens with one attached hydrogen (secondary N) is 1. The minimum absolute atomic E-state index is 0.198. The van der Waals surface area contributed by atoms with Crippen molar-refractivity contribution >= 4 is 38.3 Å². The van der Waals surface area contributed by atoms with E-state index in [-0.39, 0.29) is 5.91 Å². The van der Waals surface area contributed by atoms with Gasteiger partial charge >= 0.3 is 0 Å². The van der Waals surface area contributed by atoms with E-state index in [1.165, 1.54) is 0 Å². The van der Waals surface area contributed by atoms with Crippen molar-refractivity contribution in [1.29, 1.82) is 0 Å². The number of amides is 1. The van der Waals surface area contributed by atoms with Crippen molar-refractivity contribution in [3.05, 3.63) is 53.5 Å². The van der Waals surface area contributed by atoms with E-state index in [2.05, 4.69) is 27.8 Å². The molecule has 1 amide bonds. The van der Waals surface area contributed by atoms with Gasteiger partial charge in [-0.3, -0.25) is 4.79 Å². The minimum Gasteiger partial charge on any atom is -0.325 e. The van der Waals surface area contributed by atoms with Gasteiger partial charge < -0.3 is 11.1 Å². The molecule has 0 aliphatic rings. The molecule has 0 aliphatic carbocycles. The summed E-state index contributed by atoms with van der Waals surface area (Å²) in [6, 6.07) is 11.2. The second-order valence-electron chi connectivity index (χ2n) is 4.33. The number of anilines is 1. The maximum absolute atomic E-state index is 11.8. The molecule has 0 spiro atoms. The predicted molar refractivity (Wildman–Crippen MR) is 83.1 cm³/mol. The zero-order chi connectivity index (χ0) is 13.8. The fourth-order valence-electron chi connectivity index (χ4n) is 1.82. The topological polar surface area (TPSA) is 55.1 Å². The molecule has 3 nitrogen and oxygen atoms in total. The van der Waals surface area contributed by atoms with Gasteiger partial charge in [-0.15, -0.1) is 6.58 Å². The number of nitrogens with two attached hydrogens (primary N) is 1. The molecule has 0 radical (unpaired) electrons. The summed E-state index contributed by atoms with van der Waals surface area (Å²) < 4.78 is 1.03. The van der Waals surface area contributed by atoms with E-state index in [4.69, 9.17) is 5.73 Å². The lowest BCUT2D eigenvalue weighted by atomic mass is 10.1. The molecule has 0 aromatic heterocycles. The average Bonchev–Trinajstić information content (AvgIpc) is 2.39. The molecule has 0 fully saturated rings. The minimum atomic E-state index is -0.557. The Bertz CT molecular complexity index is 625. The van der Waals surface area contributed by atoms with E-state index < -0.39 is 6.04 Å². The van der Waals surface area contributed by atoms with Crippen molar-refractivity contribution in [1.82, 2.24) is 0 Å². The molecule has 0 heterocycles. The van der Waals surface area contributed by atoms with Crippen LogP contribution in [0.15, 0.2) is 53.5 Å². The maximum atomic E-state index is 11.8. The number of fused-ring (bicyclic) bond motifs is 1. The van der Waals surface area contributed by atoms with Gasteiger partial charge in [0.15, 0.2) is 0 Å². The summed E-state index contributed by atoms with van der Waals surface area (Å²) in [5.74, 6) is -0.198. The van der Waals surface area contributed by atoms with Crippen LogP contribution in [0.4, 0.5) is 5.69 Å². The maximum Gasteiger partial charge on any atom is 0.241 e. The Kier molecular flexibility index (Phi) is 4.35. The Morgan fingerprint density at radius 3 is 2.74 bits per heavy atom. The third-order valence-corrected chi connectivity index (χ3v) is 3.32. The Labute approximate surface area is 120 Å². The van der Waals surface area contributed by atoms with E-state index in [9.17, 15) is 4.79 Å². The zero-order valence-electron chi connectivity index (χ0n) is 10.4. The molecule has 2 aromatic carbocycles. The summed E-state index contributed by atoms with van der Waals surface area (Å²) in [6.07, 6.45) is 2.11. The van der Waals surface area contributed by atoms with Gasteiger partial charge in [-0.05, 0) is 41.5 Å². The third kappa shape index (κ3) is 3.43. The first-order chi connectivity index (χ1) is 9.10. The van der Waals surface area contributed by atoms with Gasteiger partial charge in [-0.1, -0.05) is 34.1 Å². The number of carbonyl (C=O) groups excluding carboxylic acids is 1. The van der Waals surface area contributed by atoms with Crippen LogP contribution in [0.1, 0.15) is 6.42 Å². The normalized spacial score (nSPS) is 12.1. The summed E-state index contributed by atoms with van der Waals surface area (Å²) >= 11 is 3.43. The van der Waals surface area contributed by atoms with Crippen molar-refractivity contribution in [3.63, 3.8) is 0 Å². The quantitative estimate of drug-likeness (QED) is 0.848. The second kappa shape index (κ2) is 5.99. The molecule has 0 bridgehead atoms. The van der Waals surface area contributed by atoms with Crippen LogP contribution in [0.5, 0.6) is 0 Å². The van der Waals surface area contributed by atoms with Crippen LogP contribution in [0.3, 0.4) is 0 Å². The van der Waals surface area contributed by atoms with Gasteiger partial charge in [0.25, 0.3) is 0 Å². The van der Waals surface area contributed by atoms with Crippen molar-refractivity contribution in [2.24, 2.45) is 5.73 Å². The molecule has 1 unspecified atom stereocenters. The van der Waals surface area contributed by atoms with Crippen molar-refractivity contribution in [2.45, 2.75) is 12.5 Å². The highest BCUT2D eigenvalue weighted by atomic mass is 79.9. The third-order valence-electron chi connectivity index (χ3n) is 2.83. The largest absolute Gasteiger partial charge is 0.325 e. The smallest absolute Gasteiger partial charge is 0.241 e. The number of carbonyl (C=O) groups is 1. The van der Waals surface area contributed by atoms with Crippen LogP contribution >= 0.6 is 15.9 Å². The van der Waals surface area contributed by atoms with E-state index in [1.807, 2.05) is 36.4 Å². The lowest BCUT2D eigenvalue weighted by Crippen LogP contribution is -2.35. The molecular weight excluding hydrogens is 304 g/mol. The van der Waals surface area contributed by atoms with Crippen LogP contribution in [0.25, 0.3) is 10.8 Å². The van der Waals surface area contributed by atoms with Gasteiger partial charge in [0.1, 0.15) is 0 Å². The Morgan fingerprint density at radius 1 is 1.32 bits per heavy atom. The van der Waals surface area contributed by atoms with Crippen LogP contribution in [-0.4, -0.2) is 11.9 Å². The first-order valence-electron chi connectivity index (χ1n) is 5.97. The van der Waals surface area contributed by atoms with Gasteiger partial charge in [-0.2, -0.15) is 0 Å². The number of benzene rings is 2. The summed E-state index contributed by atoms with van der Waals surface area (Å²) in [4.78, 5) is 11.8. The monoisotopic (exact) mass is 318 g/mol. The van der Waals surface area contributed by atoms with Crippen molar-refractivity contribution in [2.75, 3.05) is 5.32 Å². The van der Waals surface area contributed by atoms with Gasteiger partial charge in [0.2, 0.25) is 5.91 Å². The highest BCUT2D eigenvalue weighted by molar-refractivity contribution is 9.10. The summed E-state index contributed by atoms with van der Waals surface area (Å²) in [5, 5.41) is 4.99. The number of rotatable bonds is 4. The Morgan fingerprint density at radius 2 is 2.00 bits per heavy atom. The van der Waals surface area contributed by atoms with E-state index >= 15 is 0 Å². The van der Waals surface area contributed by atoms with Crippen molar-refractivity contribution < 1.29 is 4.79 Å². The van der Waals surface area contributed by atoms with Gasteiger partial charge in [0.05, 0.1) is 6.04 Å². The van der Waals surface area contributed by atoms with E-state index in [1.54, 1.807) is 6.08 Å². The van der Waals surface area contributed by atoms with Crippen LogP contribution < -0.4 is 11.1 Å². The summed E-state index contributed by atoms with van der Waals surface area (Å²) in [7, 11) is 0. The highest BCUT2D eigenvalue weighted by Crippen LogP contribution is 2.23. The van der Waals surface area contributed by atoms with Crippen LogP contribution in [0.2, 0.25) is 0 Å². The van der Waals surface area contributed by atoms with E-state index in [0.717, 1.165) is 20.9 Å². The SMILES string of the molecule is C=CCC(N)C(=O)Nc1ccc2cc(Br)ccc2c1. The number of hydrogen-bond donors (Lipinski definition) is 2. The number of halogens is 1. The predicted octanol–water partition coefficient (Wildman–Crippen LogP) is 3.44. The molecule has 3 N–H and O–H groups in total. The molecule has 98 valence electrons. The molecule has 19 heavy (non-hydrogen) atoms. The van der Waals surface area contributed by atoms with Gasteiger partial charge in [0, 0.05) is 10.2 Å². The molecule has 0 aliphatic heterocycles. The van der Waals surface area contributed by atoms with E-state index in [0.29, 0.717) is 6.42 Å². The highest BCUT2D eigenvalue weighted by Gasteiger charge is 2.11. The molecule has 2 aromatic rings. The molecule has 0 saturated heterocycles. The zero-order valence-corrected chi connectivity index (χ0v) is 12.0. The average molecular weight is 319 g/mol. The molecule has 1 atom stereocenters. The molecular formula is C15H15BrN2O.